The first kappa shape index (κ1) is 25.6. The van der Waals surface area contributed by atoms with E-state index in [1.165, 1.54) is 18.5 Å². The molecule has 1 aliphatic heterocycles. The second kappa shape index (κ2) is 12.4. The van der Waals surface area contributed by atoms with E-state index in [9.17, 15) is 9.90 Å². The summed E-state index contributed by atoms with van der Waals surface area (Å²) in [7, 11) is 0. The summed E-state index contributed by atoms with van der Waals surface area (Å²) in [5, 5.41) is 13.8. The van der Waals surface area contributed by atoms with E-state index in [1.807, 2.05) is 6.92 Å². The van der Waals surface area contributed by atoms with Crippen LogP contribution in [0.1, 0.15) is 85.1 Å². The summed E-state index contributed by atoms with van der Waals surface area (Å²) in [6.45, 7) is 14.2. The van der Waals surface area contributed by atoms with Crippen LogP contribution in [0.2, 0.25) is 0 Å². The lowest BCUT2D eigenvalue weighted by atomic mass is 9.95. The third-order valence-electron chi connectivity index (χ3n) is 5.67. The van der Waals surface area contributed by atoms with Crippen LogP contribution in [0.25, 0.3) is 0 Å². The van der Waals surface area contributed by atoms with Crippen molar-refractivity contribution in [3.05, 3.63) is 23.8 Å². The summed E-state index contributed by atoms with van der Waals surface area (Å²) in [4.78, 5) is 18.6. The number of benzene rings is 1. The Bertz CT molecular complexity index is 744. The number of thioether (sulfide) groups is 1. The van der Waals surface area contributed by atoms with E-state index in [0.717, 1.165) is 41.6 Å². The summed E-state index contributed by atoms with van der Waals surface area (Å²) in [5.41, 5.74) is 3.31. The number of carbonyl (C=O) groups is 1. The van der Waals surface area contributed by atoms with Crippen molar-refractivity contribution in [2.45, 2.75) is 91.6 Å². The molecule has 0 aliphatic carbocycles. The van der Waals surface area contributed by atoms with Gasteiger partial charge in [0.25, 0.3) is 0 Å². The number of carboxylic acid groups (broad SMARTS) is 1. The van der Waals surface area contributed by atoms with Crippen LogP contribution in [-0.2, 0) is 4.79 Å². The average Bonchev–Trinajstić information content (AvgIpc) is 3.10. The van der Waals surface area contributed by atoms with E-state index < -0.39 is 5.97 Å². The molecular weight excluding hydrogens is 406 g/mol. The van der Waals surface area contributed by atoms with Gasteiger partial charge in [-0.2, -0.15) is 0 Å². The minimum Gasteiger partial charge on any atom is -0.481 e. The maximum absolute atomic E-state index is 11.3. The van der Waals surface area contributed by atoms with Gasteiger partial charge in [-0.05, 0) is 49.3 Å². The van der Waals surface area contributed by atoms with Gasteiger partial charge in [0.05, 0.1) is 23.8 Å². The zero-order valence-corrected chi connectivity index (χ0v) is 21.0. The lowest BCUT2D eigenvalue weighted by molar-refractivity contribution is -0.137. The van der Waals surface area contributed by atoms with Crippen molar-refractivity contribution in [2.75, 3.05) is 22.5 Å². The Morgan fingerprint density at radius 3 is 2.45 bits per heavy atom. The Kier molecular flexibility index (Phi) is 10.2. The largest absolute Gasteiger partial charge is 0.481 e. The molecule has 0 saturated heterocycles. The number of aliphatic carboxylic acids is 1. The van der Waals surface area contributed by atoms with Crippen LogP contribution in [0.3, 0.4) is 0 Å². The molecule has 0 radical (unpaired) electrons. The van der Waals surface area contributed by atoms with Crippen molar-refractivity contribution in [1.29, 1.82) is 0 Å². The van der Waals surface area contributed by atoms with Gasteiger partial charge >= 0.3 is 5.97 Å². The molecule has 0 spiro atoms. The van der Waals surface area contributed by atoms with E-state index in [4.69, 9.17) is 4.99 Å². The molecule has 0 saturated carbocycles. The van der Waals surface area contributed by atoms with Crippen molar-refractivity contribution < 1.29 is 9.90 Å². The lowest BCUT2D eigenvalue weighted by Gasteiger charge is -2.37. The topological polar surface area (TPSA) is 64.9 Å². The van der Waals surface area contributed by atoms with Crippen molar-refractivity contribution in [1.82, 2.24) is 0 Å². The highest BCUT2D eigenvalue weighted by Crippen LogP contribution is 2.35. The monoisotopic (exact) mass is 447 g/mol. The summed E-state index contributed by atoms with van der Waals surface area (Å²) in [6, 6.07) is 7.28. The number of nitrogens with one attached hydrogen (secondary N) is 1. The summed E-state index contributed by atoms with van der Waals surface area (Å²) in [6.07, 6.45) is 4.80. The van der Waals surface area contributed by atoms with Crippen LogP contribution < -0.4 is 10.2 Å². The van der Waals surface area contributed by atoms with Gasteiger partial charge < -0.3 is 15.3 Å². The van der Waals surface area contributed by atoms with Crippen LogP contribution in [0.15, 0.2) is 23.2 Å². The Hall–Kier alpha value is -1.69. The molecule has 0 bridgehead atoms. The third-order valence-corrected chi connectivity index (χ3v) is 6.80. The third kappa shape index (κ3) is 7.74. The smallest absolute Gasteiger partial charge is 0.303 e. The van der Waals surface area contributed by atoms with Gasteiger partial charge in [0.1, 0.15) is 0 Å². The zero-order chi connectivity index (χ0) is 23.0. The number of nitrogens with zero attached hydrogens (tertiary/aromatic N) is 2. The van der Waals surface area contributed by atoms with Gasteiger partial charge in [0, 0.05) is 18.3 Å². The molecule has 5 nitrogen and oxygen atoms in total. The van der Waals surface area contributed by atoms with Crippen molar-refractivity contribution in [3.8, 4) is 0 Å². The Labute approximate surface area is 193 Å². The molecule has 2 atom stereocenters. The predicted molar refractivity (Wildman–Crippen MR) is 136 cm³/mol. The Morgan fingerprint density at radius 1 is 1.26 bits per heavy atom. The number of amidine groups is 1. The fourth-order valence-electron chi connectivity index (χ4n) is 4.21. The second-order valence-corrected chi connectivity index (χ2v) is 10.3. The highest BCUT2D eigenvalue weighted by molar-refractivity contribution is 8.14. The lowest BCUT2D eigenvalue weighted by Crippen LogP contribution is -2.38. The highest BCUT2D eigenvalue weighted by Gasteiger charge is 2.24. The maximum Gasteiger partial charge on any atom is 0.303 e. The Morgan fingerprint density at radius 2 is 1.94 bits per heavy atom. The minimum absolute atomic E-state index is 0.0372. The number of carboxylic acids is 1. The molecule has 1 aromatic carbocycles. The molecule has 0 aromatic heterocycles. The van der Waals surface area contributed by atoms with Crippen LogP contribution in [-0.4, -0.2) is 40.6 Å². The molecule has 2 rings (SSSR count). The highest BCUT2D eigenvalue weighted by atomic mass is 32.2. The first-order valence-electron chi connectivity index (χ1n) is 11.8. The van der Waals surface area contributed by atoms with Gasteiger partial charge in [-0.25, -0.2) is 0 Å². The van der Waals surface area contributed by atoms with E-state index >= 15 is 0 Å². The molecule has 174 valence electrons. The SMILES string of the molecule is CCCC(CCC)N(CC(C)C)c1ccc(C(C)CC(=O)O)cc1NC1=N[C@H](C)CS1. The fourth-order valence-corrected chi connectivity index (χ4v) is 5.12. The van der Waals surface area contributed by atoms with Crippen LogP contribution >= 0.6 is 11.8 Å². The number of hydrogen-bond donors (Lipinski definition) is 2. The first-order chi connectivity index (χ1) is 14.7. The normalized spacial score (nSPS) is 17.2. The number of hydrogen-bond acceptors (Lipinski definition) is 5. The molecule has 0 fully saturated rings. The zero-order valence-electron chi connectivity index (χ0n) is 20.1. The van der Waals surface area contributed by atoms with Gasteiger partial charge in [0.2, 0.25) is 0 Å². The number of rotatable bonds is 12. The Balaban J connectivity index is 2.49. The fraction of sp³-hybridized carbons (Fsp3) is 0.680. The summed E-state index contributed by atoms with van der Waals surface area (Å²) in [5.74, 6) is 0.747. The van der Waals surface area contributed by atoms with Crippen LogP contribution in [0, 0.1) is 5.92 Å². The van der Waals surface area contributed by atoms with E-state index in [1.54, 1.807) is 11.8 Å². The predicted octanol–water partition coefficient (Wildman–Crippen LogP) is 6.60. The quantitative estimate of drug-likeness (QED) is 0.378. The van der Waals surface area contributed by atoms with Gasteiger partial charge in [0.15, 0.2) is 5.17 Å². The van der Waals surface area contributed by atoms with Gasteiger partial charge in [-0.15, -0.1) is 0 Å². The van der Waals surface area contributed by atoms with Crippen molar-refractivity contribution in [3.63, 3.8) is 0 Å². The van der Waals surface area contributed by atoms with E-state index in [-0.39, 0.29) is 12.3 Å². The number of anilines is 2. The standard InChI is InChI=1S/C25H41N3O2S/c1-7-9-21(10-8-2)28(15-17(3)4)23-12-11-20(18(5)13-24(29)30)14-22(23)27-25-26-19(6)16-31-25/h11-12,14,17-19,21H,7-10,13,15-16H2,1-6H3,(H,26,27)(H,29,30)/t18?,19-/m1/s1. The van der Waals surface area contributed by atoms with Crippen LogP contribution in [0.5, 0.6) is 0 Å². The van der Waals surface area contributed by atoms with Crippen LogP contribution in [0.4, 0.5) is 11.4 Å². The van der Waals surface area contributed by atoms with Crippen molar-refractivity contribution >= 4 is 34.3 Å². The summed E-state index contributed by atoms with van der Waals surface area (Å²) >= 11 is 1.76. The molecule has 1 heterocycles. The summed E-state index contributed by atoms with van der Waals surface area (Å²) < 4.78 is 0. The molecule has 6 heteroatoms. The first-order valence-corrected chi connectivity index (χ1v) is 12.8. The minimum atomic E-state index is -0.761. The number of aliphatic imine (C=N–C) groups is 1. The molecule has 1 aromatic rings. The molecular formula is C25H41N3O2S. The van der Waals surface area contributed by atoms with Crippen molar-refractivity contribution in [2.24, 2.45) is 10.9 Å². The van der Waals surface area contributed by atoms with E-state index in [2.05, 4.69) is 63.0 Å². The molecule has 1 aliphatic rings. The average molecular weight is 448 g/mol. The molecule has 0 amide bonds. The maximum atomic E-state index is 11.3. The molecule has 31 heavy (non-hydrogen) atoms. The van der Waals surface area contributed by atoms with Gasteiger partial charge in [-0.3, -0.25) is 9.79 Å². The van der Waals surface area contributed by atoms with E-state index in [0.29, 0.717) is 18.0 Å². The molecule has 2 N–H and O–H groups in total. The molecule has 1 unspecified atom stereocenters. The second-order valence-electron chi connectivity index (χ2n) is 9.27. The van der Waals surface area contributed by atoms with Gasteiger partial charge in [-0.1, -0.05) is 65.3 Å².